The standard InChI is InChI=1S/C12H8Cl2N4/c13-7-5-9-11(16-6-7)18(12(15)17-9)10-4-2-1-3-8(10)14/h1-6H,(H2,15,17). The summed E-state index contributed by atoms with van der Waals surface area (Å²) in [6.07, 6.45) is 1.55. The van der Waals surface area contributed by atoms with Gasteiger partial charge in [0.2, 0.25) is 5.95 Å². The van der Waals surface area contributed by atoms with E-state index in [1.807, 2.05) is 18.2 Å². The quantitative estimate of drug-likeness (QED) is 0.743. The normalized spacial score (nSPS) is 11.0. The van der Waals surface area contributed by atoms with Crippen molar-refractivity contribution < 1.29 is 0 Å². The average molecular weight is 279 g/mol. The predicted molar refractivity (Wildman–Crippen MR) is 73.3 cm³/mol. The number of aromatic nitrogens is 3. The van der Waals surface area contributed by atoms with Gasteiger partial charge in [-0.2, -0.15) is 0 Å². The molecule has 0 radical (unpaired) electrons. The first kappa shape index (κ1) is 11.3. The second-order valence-corrected chi connectivity index (χ2v) is 4.60. The van der Waals surface area contributed by atoms with E-state index in [9.17, 15) is 0 Å². The van der Waals surface area contributed by atoms with Crippen LogP contribution in [-0.4, -0.2) is 14.5 Å². The first-order valence-corrected chi connectivity index (χ1v) is 5.97. The fraction of sp³-hybridized carbons (Fsp3) is 0. The van der Waals surface area contributed by atoms with Crippen molar-refractivity contribution in [2.45, 2.75) is 0 Å². The Bertz CT molecular complexity index is 736. The van der Waals surface area contributed by atoms with E-state index in [1.165, 1.54) is 0 Å². The van der Waals surface area contributed by atoms with E-state index < -0.39 is 0 Å². The van der Waals surface area contributed by atoms with E-state index in [0.29, 0.717) is 27.2 Å². The summed E-state index contributed by atoms with van der Waals surface area (Å²) < 4.78 is 1.70. The molecule has 0 aliphatic heterocycles. The molecule has 2 N–H and O–H groups in total. The lowest BCUT2D eigenvalue weighted by atomic mass is 10.3. The summed E-state index contributed by atoms with van der Waals surface area (Å²) in [5, 5.41) is 1.10. The van der Waals surface area contributed by atoms with Gasteiger partial charge >= 0.3 is 0 Å². The van der Waals surface area contributed by atoms with Gasteiger partial charge in [-0.3, -0.25) is 4.57 Å². The summed E-state index contributed by atoms with van der Waals surface area (Å²) in [5.41, 5.74) is 7.93. The van der Waals surface area contributed by atoms with E-state index in [0.717, 1.165) is 5.69 Å². The minimum atomic E-state index is 0.327. The Hall–Kier alpha value is -1.78. The Kier molecular flexibility index (Phi) is 2.61. The number of nitrogens with two attached hydrogens (primary N) is 1. The molecule has 3 rings (SSSR count). The molecule has 3 aromatic rings. The van der Waals surface area contributed by atoms with Crippen molar-refractivity contribution >= 4 is 40.3 Å². The van der Waals surface area contributed by atoms with Crippen LogP contribution in [-0.2, 0) is 0 Å². The maximum absolute atomic E-state index is 6.16. The SMILES string of the molecule is Nc1nc2cc(Cl)cnc2n1-c1ccccc1Cl. The van der Waals surface area contributed by atoms with Gasteiger partial charge in [-0.25, -0.2) is 9.97 Å². The van der Waals surface area contributed by atoms with Gasteiger partial charge in [0, 0.05) is 6.20 Å². The topological polar surface area (TPSA) is 56.7 Å². The number of hydrogen-bond acceptors (Lipinski definition) is 3. The Balaban J connectivity index is 2.36. The Labute approximate surface area is 113 Å². The summed E-state index contributed by atoms with van der Waals surface area (Å²) in [6.45, 7) is 0. The number of halogens is 2. The Morgan fingerprint density at radius 3 is 2.72 bits per heavy atom. The number of para-hydroxylation sites is 1. The molecule has 0 spiro atoms. The third kappa shape index (κ3) is 1.70. The molecule has 0 fully saturated rings. The highest BCUT2D eigenvalue weighted by Crippen LogP contribution is 2.27. The summed E-state index contributed by atoms with van der Waals surface area (Å²) in [6, 6.07) is 9.09. The third-order valence-electron chi connectivity index (χ3n) is 2.58. The summed E-state index contributed by atoms with van der Waals surface area (Å²) >= 11 is 12.0. The average Bonchev–Trinajstić information content (AvgIpc) is 2.65. The lowest BCUT2D eigenvalue weighted by Crippen LogP contribution is -2.01. The number of fused-ring (bicyclic) bond motifs is 1. The minimum absolute atomic E-state index is 0.327. The first-order valence-electron chi connectivity index (χ1n) is 5.21. The van der Waals surface area contributed by atoms with Crippen LogP contribution in [0.4, 0.5) is 5.95 Å². The van der Waals surface area contributed by atoms with Crippen LogP contribution in [0.3, 0.4) is 0 Å². The van der Waals surface area contributed by atoms with Crippen LogP contribution in [0.2, 0.25) is 10.0 Å². The molecular formula is C12H8Cl2N4. The van der Waals surface area contributed by atoms with Gasteiger partial charge in [0.05, 0.1) is 15.7 Å². The zero-order valence-electron chi connectivity index (χ0n) is 9.14. The van der Waals surface area contributed by atoms with Gasteiger partial charge in [-0.05, 0) is 18.2 Å². The van der Waals surface area contributed by atoms with Crippen LogP contribution in [0.5, 0.6) is 0 Å². The smallest absolute Gasteiger partial charge is 0.207 e. The molecule has 0 unspecified atom stereocenters. The second kappa shape index (κ2) is 4.15. The third-order valence-corrected chi connectivity index (χ3v) is 3.11. The van der Waals surface area contributed by atoms with Gasteiger partial charge in [0.15, 0.2) is 5.65 Å². The monoisotopic (exact) mass is 278 g/mol. The zero-order chi connectivity index (χ0) is 12.7. The van der Waals surface area contributed by atoms with Crippen molar-refractivity contribution in [1.29, 1.82) is 0 Å². The largest absolute Gasteiger partial charge is 0.369 e. The summed E-state index contributed by atoms with van der Waals surface area (Å²) in [4.78, 5) is 8.48. The number of nitrogens with zero attached hydrogens (tertiary/aromatic N) is 3. The number of anilines is 1. The molecule has 4 nitrogen and oxygen atoms in total. The molecule has 0 bridgehead atoms. The zero-order valence-corrected chi connectivity index (χ0v) is 10.7. The molecule has 0 saturated carbocycles. The van der Waals surface area contributed by atoms with Gasteiger partial charge in [-0.15, -0.1) is 0 Å². The number of nitrogen functional groups attached to an aromatic ring is 1. The van der Waals surface area contributed by atoms with Crippen molar-refractivity contribution in [3.8, 4) is 5.69 Å². The second-order valence-electron chi connectivity index (χ2n) is 3.75. The van der Waals surface area contributed by atoms with Crippen molar-refractivity contribution in [2.75, 3.05) is 5.73 Å². The number of imidazole rings is 1. The molecule has 0 aliphatic carbocycles. The Morgan fingerprint density at radius 2 is 1.94 bits per heavy atom. The van der Waals surface area contributed by atoms with Crippen LogP contribution in [0.25, 0.3) is 16.9 Å². The maximum atomic E-state index is 6.16. The van der Waals surface area contributed by atoms with Crippen molar-refractivity contribution in [1.82, 2.24) is 14.5 Å². The lowest BCUT2D eigenvalue weighted by molar-refractivity contribution is 1.08. The number of benzene rings is 1. The molecule has 0 atom stereocenters. The molecule has 6 heteroatoms. The number of rotatable bonds is 1. The van der Waals surface area contributed by atoms with Crippen molar-refractivity contribution in [3.05, 3.63) is 46.6 Å². The van der Waals surface area contributed by atoms with E-state index in [1.54, 1.807) is 22.9 Å². The van der Waals surface area contributed by atoms with Crippen molar-refractivity contribution in [3.63, 3.8) is 0 Å². The van der Waals surface area contributed by atoms with Crippen molar-refractivity contribution in [2.24, 2.45) is 0 Å². The van der Waals surface area contributed by atoms with Gasteiger partial charge in [0.1, 0.15) is 5.52 Å². The molecule has 18 heavy (non-hydrogen) atoms. The van der Waals surface area contributed by atoms with E-state index in [4.69, 9.17) is 28.9 Å². The summed E-state index contributed by atoms with van der Waals surface area (Å²) in [5.74, 6) is 0.327. The van der Waals surface area contributed by atoms with E-state index >= 15 is 0 Å². The molecule has 0 aliphatic rings. The highest BCUT2D eigenvalue weighted by atomic mass is 35.5. The minimum Gasteiger partial charge on any atom is -0.369 e. The molecule has 0 saturated heterocycles. The van der Waals surface area contributed by atoms with Crippen LogP contribution >= 0.6 is 23.2 Å². The number of pyridine rings is 1. The molecule has 2 aromatic heterocycles. The fourth-order valence-electron chi connectivity index (χ4n) is 1.83. The lowest BCUT2D eigenvalue weighted by Gasteiger charge is -2.07. The highest BCUT2D eigenvalue weighted by Gasteiger charge is 2.13. The highest BCUT2D eigenvalue weighted by molar-refractivity contribution is 6.32. The van der Waals surface area contributed by atoms with Crippen LogP contribution in [0.1, 0.15) is 0 Å². The number of hydrogen-bond donors (Lipinski definition) is 1. The molecular weight excluding hydrogens is 271 g/mol. The first-order chi connectivity index (χ1) is 8.66. The van der Waals surface area contributed by atoms with Gasteiger partial charge < -0.3 is 5.73 Å². The predicted octanol–water partition coefficient (Wildman–Crippen LogP) is 3.31. The molecule has 2 heterocycles. The fourth-order valence-corrected chi connectivity index (χ4v) is 2.20. The van der Waals surface area contributed by atoms with Gasteiger partial charge in [-0.1, -0.05) is 35.3 Å². The van der Waals surface area contributed by atoms with Crippen LogP contribution in [0.15, 0.2) is 36.5 Å². The van der Waals surface area contributed by atoms with Crippen LogP contribution < -0.4 is 5.73 Å². The molecule has 0 amide bonds. The molecule has 1 aromatic carbocycles. The van der Waals surface area contributed by atoms with E-state index in [-0.39, 0.29) is 0 Å². The maximum Gasteiger partial charge on any atom is 0.207 e. The van der Waals surface area contributed by atoms with Crippen LogP contribution in [0, 0.1) is 0 Å². The van der Waals surface area contributed by atoms with E-state index in [2.05, 4.69) is 9.97 Å². The molecule has 90 valence electrons. The van der Waals surface area contributed by atoms with Gasteiger partial charge in [0.25, 0.3) is 0 Å². The summed E-state index contributed by atoms with van der Waals surface area (Å²) in [7, 11) is 0. The Morgan fingerprint density at radius 1 is 1.17 bits per heavy atom.